The number of aromatic nitrogens is 1. The summed E-state index contributed by atoms with van der Waals surface area (Å²) in [6, 6.07) is 16.8. The smallest absolute Gasteiger partial charge is 0.325 e. The van der Waals surface area contributed by atoms with Gasteiger partial charge >= 0.3 is 10.8 Å². The predicted molar refractivity (Wildman–Crippen MR) is 190 cm³/mol. The van der Waals surface area contributed by atoms with Crippen LogP contribution < -0.4 is 19.1 Å². The van der Waals surface area contributed by atoms with Gasteiger partial charge in [0.25, 0.3) is 0 Å². The van der Waals surface area contributed by atoms with Crippen LogP contribution in [-0.2, 0) is 30.7 Å². The van der Waals surface area contributed by atoms with Gasteiger partial charge in [0.05, 0.1) is 42.5 Å². The molecule has 0 bridgehead atoms. The van der Waals surface area contributed by atoms with E-state index in [-0.39, 0.29) is 16.3 Å². The van der Waals surface area contributed by atoms with E-state index in [0.29, 0.717) is 79.4 Å². The van der Waals surface area contributed by atoms with E-state index in [9.17, 15) is 18.0 Å². The predicted octanol–water partition coefficient (Wildman–Crippen LogP) is 4.78. The fourth-order valence-corrected chi connectivity index (χ4v) is 8.94. The van der Waals surface area contributed by atoms with E-state index < -0.39 is 28.1 Å². The molecule has 50 heavy (non-hydrogen) atoms. The van der Waals surface area contributed by atoms with Gasteiger partial charge in [0.15, 0.2) is 11.5 Å². The van der Waals surface area contributed by atoms with E-state index in [2.05, 4.69) is 9.88 Å². The number of fused-ring (bicyclic) bond motifs is 1. The molecule has 1 aromatic heterocycles. The number of esters is 1. The molecule has 0 unspecified atom stereocenters. The largest absolute Gasteiger partial charge is 0.493 e. The number of benzene rings is 3. The van der Waals surface area contributed by atoms with Gasteiger partial charge in [-0.15, -0.1) is 0 Å². The van der Waals surface area contributed by atoms with Crippen LogP contribution in [0.1, 0.15) is 42.9 Å². The monoisotopic (exact) mass is 725 g/mol. The number of ether oxygens (including phenoxy) is 5. The first-order valence-electron chi connectivity index (χ1n) is 16.8. The summed E-state index contributed by atoms with van der Waals surface area (Å²) >= 11 is 0.945. The zero-order chi connectivity index (χ0) is 35.1. The van der Waals surface area contributed by atoms with Crippen molar-refractivity contribution in [1.29, 1.82) is 0 Å². The van der Waals surface area contributed by atoms with Gasteiger partial charge in [-0.1, -0.05) is 29.5 Å². The highest BCUT2D eigenvalue weighted by Crippen LogP contribution is 2.33. The van der Waals surface area contributed by atoms with Crippen LogP contribution >= 0.6 is 11.3 Å². The van der Waals surface area contributed by atoms with E-state index in [0.717, 1.165) is 42.1 Å². The van der Waals surface area contributed by atoms with Crippen molar-refractivity contribution in [1.82, 2.24) is 14.2 Å². The van der Waals surface area contributed by atoms with E-state index in [1.807, 2.05) is 42.5 Å². The summed E-state index contributed by atoms with van der Waals surface area (Å²) in [7, 11) is -0.905. The second kappa shape index (κ2) is 16.4. The van der Waals surface area contributed by atoms with Crippen molar-refractivity contribution < 1.29 is 36.9 Å². The van der Waals surface area contributed by atoms with Crippen LogP contribution in [0.25, 0.3) is 10.2 Å². The fraction of sp³-hybridized carbons (Fsp3) is 0.444. The van der Waals surface area contributed by atoms with Crippen molar-refractivity contribution in [3.05, 3.63) is 81.5 Å². The van der Waals surface area contributed by atoms with Gasteiger partial charge < -0.3 is 28.7 Å². The first kappa shape index (κ1) is 35.9. The summed E-state index contributed by atoms with van der Waals surface area (Å²) < 4.78 is 58.5. The third-order valence-electron chi connectivity index (χ3n) is 9.14. The number of aryl methyl sites for hydroxylation is 1. The number of piperidine rings is 1. The number of thiazole rings is 1. The average molecular weight is 726 g/mol. The van der Waals surface area contributed by atoms with Crippen LogP contribution in [0, 0.1) is 0 Å². The van der Waals surface area contributed by atoms with Gasteiger partial charge in [-0.2, -0.15) is 4.31 Å². The molecule has 0 saturated carbocycles. The molecule has 0 radical (unpaired) electrons. The summed E-state index contributed by atoms with van der Waals surface area (Å²) in [5.41, 5.74) is 2.28. The Hall–Kier alpha value is -3.95. The number of aromatic amines is 1. The van der Waals surface area contributed by atoms with Crippen LogP contribution in [0.4, 0.5) is 0 Å². The Kier molecular flexibility index (Phi) is 11.7. The lowest BCUT2D eigenvalue weighted by molar-refractivity contribution is -0.155. The van der Waals surface area contributed by atoms with E-state index in [1.54, 1.807) is 20.3 Å². The molecule has 14 heteroatoms. The maximum Gasteiger partial charge on any atom is 0.325 e. The summed E-state index contributed by atoms with van der Waals surface area (Å²) in [4.78, 5) is 30.7. The molecule has 268 valence electrons. The number of morpholine rings is 1. The molecule has 6 rings (SSSR count). The SMILES string of the molecule is COc1ccc(CC[C@@H](OC(=O)[C@@H]2CCCCN2S(=O)(=O)c2ccc3[nH]c(=O)sc3c2)c2cccc(OCCN3CCOCC3)c2)cc1OC. The van der Waals surface area contributed by atoms with E-state index >= 15 is 0 Å². The molecule has 2 saturated heterocycles. The van der Waals surface area contributed by atoms with Gasteiger partial charge in [0.1, 0.15) is 24.5 Å². The minimum Gasteiger partial charge on any atom is -0.493 e. The van der Waals surface area contributed by atoms with Crippen LogP contribution in [0.3, 0.4) is 0 Å². The molecule has 2 aliphatic rings. The molecule has 3 heterocycles. The lowest BCUT2D eigenvalue weighted by atomic mass is 10.00. The molecular weight excluding hydrogens is 683 g/mol. The number of carbonyl (C=O) groups excluding carboxylic acids is 1. The number of rotatable bonds is 14. The third kappa shape index (κ3) is 8.49. The van der Waals surface area contributed by atoms with Gasteiger partial charge in [-0.05, 0) is 85.7 Å². The Balaban J connectivity index is 1.22. The molecular formula is C36H43N3O9S2. The summed E-state index contributed by atoms with van der Waals surface area (Å²) in [5.74, 6) is 1.27. The zero-order valence-electron chi connectivity index (χ0n) is 28.3. The molecule has 2 fully saturated rings. The fourth-order valence-electron chi connectivity index (χ4n) is 6.42. The van der Waals surface area contributed by atoms with Crippen molar-refractivity contribution in [3.63, 3.8) is 0 Å². The Labute approximate surface area is 295 Å². The zero-order valence-corrected chi connectivity index (χ0v) is 29.9. The van der Waals surface area contributed by atoms with Crippen molar-refractivity contribution in [2.24, 2.45) is 0 Å². The number of hydrogen-bond donors (Lipinski definition) is 1. The lowest BCUT2D eigenvalue weighted by Gasteiger charge is -2.34. The number of nitrogens with zero attached hydrogens (tertiary/aromatic N) is 2. The number of H-pyrrole nitrogens is 1. The Morgan fingerprint density at radius 1 is 1.00 bits per heavy atom. The number of methoxy groups -OCH3 is 2. The Morgan fingerprint density at radius 2 is 1.82 bits per heavy atom. The molecule has 0 spiro atoms. The second-order valence-corrected chi connectivity index (χ2v) is 15.2. The first-order valence-corrected chi connectivity index (χ1v) is 19.1. The quantitative estimate of drug-likeness (QED) is 0.181. The standard InChI is InChI=1S/C36H43N3O9S2/c1-44-32-14-10-25(22-33(32)45-2)9-13-31(26-6-5-7-27(23-26)47-21-18-38-16-19-46-20-17-38)48-35(40)30-8-3-4-15-39(30)50(42,43)28-11-12-29-34(24-28)49-36(41)37-29/h5-7,10-12,14,22-24,30-31H,3-4,8-9,13,15-21H2,1-2H3,(H,37,41)/t30-,31+/m0/s1. The highest BCUT2D eigenvalue weighted by Gasteiger charge is 2.39. The molecule has 0 aliphatic carbocycles. The van der Waals surface area contributed by atoms with Gasteiger partial charge in [-0.3, -0.25) is 14.5 Å². The molecule has 4 aromatic rings. The van der Waals surface area contributed by atoms with Crippen molar-refractivity contribution >= 4 is 37.5 Å². The molecule has 0 amide bonds. The highest BCUT2D eigenvalue weighted by atomic mass is 32.2. The van der Waals surface area contributed by atoms with Crippen molar-refractivity contribution in [2.45, 2.75) is 49.1 Å². The topological polar surface area (TPSA) is 137 Å². The van der Waals surface area contributed by atoms with E-state index in [1.165, 1.54) is 16.4 Å². The molecule has 12 nitrogen and oxygen atoms in total. The number of nitrogens with one attached hydrogen (secondary N) is 1. The molecule has 1 N–H and O–H groups in total. The number of sulfonamides is 1. The maximum absolute atomic E-state index is 14.1. The highest BCUT2D eigenvalue weighted by molar-refractivity contribution is 7.89. The third-order valence-corrected chi connectivity index (χ3v) is 11.9. The Morgan fingerprint density at radius 3 is 2.62 bits per heavy atom. The van der Waals surface area contributed by atoms with Crippen LogP contribution in [-0.4, -0.2) is 94.8 Å². The molecule has 3 aromatic carbocycles. The number of hydrogen-bond acceptors (Lipinski definition) is 11. The van der Waals surface area contributed by atoms with Crippen molar-refractivity contribution in [3.8, 4) is 17.2 Å². The minimum absolute atomic E-state index is 0.0342. The normalized spacial score (nSPS) is 18.1. The van der Waals surface area contributed by atoms with Gasteiger partial charge in [0, 0.05) is 26.2 Å². The summed E-state index contributed by atoms with van der Waals surface area (Å²) in [6.07, 6.45) is 1.94. The lowest BCUT2D eigenvalue weighted by Crippen LogP contribution is -2.48. The Bertz CT molecular complexity index is 1940. The van der Waals surface area contributed by atoms with Crippen LogP contribution in [0.15, 0.2) is 70.4 Å². The van der Waals surface area contributed by atoms with Crippen LogP contribution in [0.2, 0.25) is 0 Å². The summed E-state index contributed by atoms with van der Waals surface area (Å²) in [5, 5.41) is 0. The average Bonchev–Trinajstić information content (AvgIpc) is 3.53. The maximum atomic E-state index is 14.1. The first-order chi connectivity index (χ1) is 24.2. The summed E-state index contributed by atoms with van der Waals surface area (Å²) in [6.45, 7) is 4.63. The van der Waals surface area contributed by atoms with E-state index in [4.69, 9.17) is 23.7 Å². The molecule has 2 aliphatic heterocycles. The molecule has 2 atom stereocenters. The second-order valence-electron chi connectivity index (χ2n) is 12.3. The van der Waals surface area contributed by atoms with Gasteiger partial charge in [0.2, 0.25) is 10.0 Å². The van der Waals surface area contributed by atoms with Crippen molar-refractivity contribution in [2.75, 3.05) is 60.2 Å². The van der Waals surface area contributed by atoms with Gasteiger partial charge in [-0.25, -0.2) is 8.42 Å². The number of carbonyl (C=O) groups is 1. The van der Waals surface area contributed by atoms with Crippen LogP contribution in [0.5, 0.6) is 17.2 Å². The minimum atomic E-state index is -4.07.